The van der Waals surface area contributed by atoms with Crippen molar-refractivity contribution in [2.75, 3.05) is 32.9 Å². The van der Waals surface area contributed by atoms with Crippen molar-refractivity contribution in [3.63, 3.8) is 0 Å². The van der Waals surface area contributed by atoms with Gasteiger partial charge in [-0.2, -0.15) is 0 Å². The molecule has 0 atom stereocenters. The minimum atomic E-state index is -0.237. The number of benzene rings is 1. The topological polar surface area (TPSA) is 64.1 Å². The smallest absolute Gasteiger partial charge is 0.191 e. The monoisotopic (exact) mass is 405 g/mol. The number of nitrogens with one attached hydrogen (secondary N) is 2. The van der Waals surface area contributed by atoms with E-state index in [4.69, 9.17) is 19.2 Å². The molecule has 1 aliphatic heterocycles. The lowest BCUT2D eigenvalue weighted by Gasteiger charge is -2.23. The molecule has 0 unspecified atom stereocenters. The van der Waals surface area contributed by atoms with E-state index in [1.807, 2.05) is 0 Å². The number of aryl methyl sites for hydroxylation is 1. The molecule has 0 bridgehead atoms. The molecule has 6 heteroatoms. The van der Waals surface area contributed by atoms with E-state index >= 15 is 0 Å². The minimum Gasteiger partial charge on any atom is -0.488 e. The van der Waals surface area contributed by atoms with Crippen LogP contribution in [0.5, 0.6) is 5.75 Å². The second-order valence-corrected chi connectivity index (χ2v) is 8.48. The first-order valence-corrected chi connectivity index (χ1v) is 10.9. The predicted octanol–water partition coefficient (Wildman–Crippen LogP) is 3.81. The summed E-state index contributed by atoms with van der Waals surface area (Å²) in [6, 6.07) is 6.30. The molecule has 0 spiro atoms. The lowest BCUT2D eigenvalue weighted by atomic mass is 10.1. The molecule has 164 valence electrons. The first-order valence-electron chi connectivity index (χ1n) is 10.9. The van der Waals surface area contributed by atoms with Crippen molar-refractivity contribution in [3.8, 4) is 5.75 Å². The van der Waals surface area contributed by atoms with Crippen LogP contribution in [0.15, 0.2) is 23.2 Å². The molecule has 1 aliphatic rings. The molecule has 1 fully saturated rings. The zero-order valence-electron chi connectivity index (χ0n) is 18.8. The van der Waals surface area contributed by atoms with Crippen LogP contribution in [-0.4, -0.2) is 50.6 Å². The van der Waals surface area contributed by atoms with Crippen molar-refractivity contribution < 1.29 is 14.2 Å². The van der Waals surface area contributed by atoms with Gasteiger partial charge in [0.2, 0.25) is 0 Å². The van der Waals surface area contributed by atoms with Crippen LogP contribution in [0.4, 0.5) is 0 Å². The number of guanidine groups is 1. The molecule has 6 nitrogen and oxygen atoms in total. The van der Waals surface area contributed by atoms with E-state index in [1.54, 1.807) is 0 Å². The Kier molecular flexibility index (Phi) is 9.74. The maximum atomic E-state index is 6.14. The van der Waals surface area contributed by atoms with Gasteiger partial charge in [-0.3, -0.25) is 0 Å². The fourth-order valence-electron chi connectivity index (χ4n) is 3.09. The highest BCUT2D eigenvalue weighted by atomic mass is 16.5. The third kappa shape index (κ3) is 9.50. The van der Waals surface area contributed by atoms with Gasteiger partial charge in [-0.15, -0.1) is 0 Å². The molecule has 1 aromatic rings. The van der Waals surface area contributed by atoms with Gasteiger partial charge in [0.25, 0.3) is 0 Å². The second-order valence-electron chi connectivity index (χ2n) is 8.48. The number of aliphatic imine (C=N–C) groups is 1. The van der Waals surface area contributed by atoms with Gasteiger partial charge in [-0.1, -0.05) is 12.1 Å². The lowest BCUT2D eigenvalue weighted by Crippen LogP contribution is -2.38. The average molecular weight is 406 g/mol. The first kappa shape index (κ1) is 23.5. The van der Waals surface area contributed by atoms with Gasteiger partial charge in [-0.25, -0.2) is 4.99 Å². The van der Waals surface area contributed by atoms with Crippen LogP contribution in [0.3, 0.4) is 0 Å². The highest BCUT2D eigenvalue weighted by Crippen LogP contribution is 2.25. The number of hydrogen-bond donors (Lipinski definition) is 2. The zero-order valence-corrected chi connectivity index (χ0v) is 18.8. The van der Waals surface area contributed by atoms with E-state index in [-0.39, 0.29) is 5.60 Å². The molecule has 0 aliphatic carbocycles. The Bertz CT molecular complexity index is 635. The van der Waals surface area contributed by atoms with Gasteiger partial charge in [0.05, 0.1) is 12.6 Å². The van der Waals surface area contributed by atoms with Crippen LogP contribution in [0, 0.1) is 6.92 Å². The van der Waals surface area contributed by atoms with Gasteiger partial charge in [0, 0.05) is 38.5 Å². The average Bonchev–Trinajstić information content (AvgIpc) is 2.66. The summed E-state index contributed by atoms with van der Waals surface area (Å²) in [6.07, 6.45) is 3.32. The molecule has 2 N–H and O–H groups in total. The zero-order chi connectivity index (χ0) is 21.1. The molecule has 29 heavy (non-hydrogen) atoms. The summed E-state index contributed by atoms with van der Waals surface area (Å²) in [4.78, 5) is 4.75. The van der Waals surface area contributed by atoms with Crippen molar-refractivity contribution in [2.45, 2.75) is 72.1 Å². The van der Waals surface area contributed by atoms with Crippen molar-refractivity contribution in [1.82, 2.24) is 10.6 Å². The van der Waals surface area contributed by atoms with E-state index in [1.165, 1.54) is 5.56 Å². The van der Waals surface area contributed by atoms with Crippen LogP contribution in [0.25, 0.3) is 0 Å². The Hall–Kier alpha value is -1.79. The van der Waals surface area contributed by atoms with Gasteiger partial charge in [0.15, 0.2) is 5.96 Å². The minimum absolute atomic E-state index is 0.237. The van der Waals surface area contributed by atoms with E-state index in [2.05, 4.69) is 63.5 Å². The Morgan fingerprint density at radius 2 is 1.97 bits per heavy atom. The van der Waals surface area contributed by atoms with Crippen LogP contribution in [0.1, 0.15) is 58.1 Å². The third-order valence-corrected chi connectivity index (χ3v) is 4.53. The summed E-state index contributed by atoms with van der Waals surface area (Å²) < 4.78 is 17.4. The molecular weight excluding hydrogens is 366 g/mol. The maximum absolute atomic E-state index is 6.14. The molecule has 0 amide bonds. The fraction of sp³-hybridized carbons (Fsp3) is 0.696. The molecule has 1 heterocycles. The van der Waals surface area contributed by atoms with Crippen molar-refractivity contribution >= 4 is 5.96 Å². The highest BCUT2D eigenvalue weighted by Gasteiger charge is 2.15. The van der Waals surface area contributed by atoms with Crippen molar-refractivity contribution in [2.24, 2.45) is 4.99 Å². The normalized spacial score (nSPS) is 16.0. The molecular formula is C23H39N3O3. The van der Waals surface area contributed by atoms with E-state index in [9.17, 15) is 0 Å². The summed E-state index contributed by atoms with van der Waals surface area (Å²) >= 11 is 0. The van der Waals surface area contributed by atoms with Gasteiger partial charge >= 0.3 is 0 Å². The summed E-state index contributed by atoms with van der Waals surface area (Å²) in [5, 5.41) is 6.71. The molecule has 1 aromatic carbocycles. The first-order chi connectivity index (χ1) is 13.9. The Balaban J connectivity index is 1.84. The lowest BCUT2D eigenvalue weighted by molar-refractivity contribution is -0.0320. The summed E-state index contributed by atoms with van der Waals surface area (Å²) in [5.41, 5.74) is 2.04. The summed E-state index contributed by atoms with van der Waals surface area (Å²) in [6.45, 7) is 15.0. The number of ether oxygens (including phenoxy) is 3. The maximum Gasteiger partial charge on any atom is 0.191 e. The number of hydrogen-bond acceptors (Lipinski definition) is 4. The predicted molar refractivity (Wildman–Crippen MR) is 119 cm³/mol. The number of nitrogens with zero attached hydrogens (tertiary/aromatic N) is 1. The van der Waals surface area contributed by atoms with Crippen LogP contribution in [0.2, 0.25) is 0 Å². The van der Waals surface area contributed by atoms with E-state index in [0.29, 0.717) is 12.6 Å². The molecule has 0 radical (unpaired) electrons. The highest BCUT2D eigenvalue weighted by molar-refractivity contribution is 5.79. The van der Waals surface area contributed by atoms with E-state index < -0.39 is 0 Å². The fourth-order valence-corrected chi connectivity index (χ4v) is 3.09. The molecule has 0 aromatic heterocycles. The SMILES string of the molecule is CCNC(=NCc1ccc(C)cc1OC(C)(C)C)NCCCOC1CCOCC1. The quantitative estimate of drug-likeness (QED) is 0.372. The Morgan fingerprint density at radius 3 is 2.66 bits per heavy atom. The van der Waals surface area contributed by atoms with Crippen LogP contribution < -0.4 is 15.4 Å². The van der Waals surface area contributed by atoms with E-state index in [0.717, 1.165) is 69.4 Å². The molecule has 1 saturated heterocycles. The van der Waals surface area contributed by atoms with Crippen LogP contribution in [-0.2, 0) is 16.0 Å². The Morgan fingerprint density at radius 1 is 1.21 bits per heavy atom. The van der Waals surface area contributed by atoms with Gasteiger partial charge in [-0.05, 0) is 65.5 Å². The Labute approximate surface area is 176 Å². The third-order valence-electron chi connectivity index (χ3n) is 4.53. The summed E-state index contributed by atoms with van der Waals surface area (Å²) in [5.74, 6) is 1.72. The van der Waals surface area contributed by atoms with Crippen molar-refractivity contribution in [3.05, 3.63) is 29.3 Å². The summed E-state index contributed by atoms with van der Waals surface area (Å²) in [7, 11) is 0. The van der Waals surface area contributed by atoms with Gasteiger partial charge < -0.3 is 24.8 Å². The standard InChI is InChI=1S/C23H39N3O3/c1-6-24-22(25-12-7-13-28-20-10-14-27-15-11-20)26-17-19-9-8-18(2)16-21(19)29-23(3,4)5/h8-9,16,20H,6-7,10-15,17H2,1-5H3,(H2,24,25,26). The number of rotatable bonds is 9. The molecule has 2 rings (SSSR count). The molecule has 0 saturated carbocycles. The second kappa shape index (κ2) is 12.0. The largest absolute Gasteiger partial charge is 0.488 e. The van der Waals surface area contributed by atoms with Gasteiger partial charge in [0.1, 0.15) is 11.4 Å². The van der Waals surface area contributed by atoms with Crippen LogP contribution >= 0.6 is 0 Å². The van der Waals surface area contributed by atoms with Crippen molar-refractivity contribution in [1.29, 1.82) is 0 Å².